The third-order valence-corrected chi connectivity index (χ3v) is 4.40. The van der Waals surface area contributed by atoms with E-state index < -0.39 is 5.54 Å². The molecule has 1 saturated heterocycles. The molecule has 105 valence electrons. The summed E-state index contributed by atoms with van der Waals surface area (Å²) in [5.41, 5.74) is 0.180. The second-order valence-corrected chi connectivity index (χ2v) is 6.25. The number of rotatable bonds is 1. The predicted octanol–water partition coefficient (Wildman–Crippen LogP) is 1.75. The Labute approximate surface area is 116 Å². The molecule has 6 heteroatoms. The minimum Gasteiger partial charge on any atom is -0.267 e. The number of nitrogens with one attached hydrogen (secondary N) is 1. The first-order chi connectivity index (χ1) is 9.34. The molecule has 0 spiro atoms. The molecule has 20 heavy (non-hydrogen) atoms. The van der Waals surface area contributed by atoms with Gasteiger partial charge < -0.3 is 0 Å². The SMILES string of the molecule is CC1(C)CCC(C)(c2ccc3c(=O)[nH]nnc3c2)N1[O]. The number of nitrogens with zero attached hydrogens (tertiary/aromatic N) is 3. The maximum absolute atomic E-state index is 12.6. The van der Waals surface area contributed by atoms with Gasteiger partial charge >= 0.3 is 0 Å². The van der Waals surface area contributed by atoms with E-state index in [0.29, 0.717) is 10.9 Å². The molecule has 1 atom stereocenters. The van der Waals surface area contributed by atoms with Gasteiger partial charge in [0, 0.05) is 5.54 Å². The van der Waals surface area contributed by atoms with Crippen LogP contribution in [0.1, 0.15) is 39.2 Å². The van der Waals surface area contributed by atoms with E-state index in [0.717, 1.165) is 18.4 Å². The molecule has 2 heterocycles. The highest BCUT2D eigenvalue weighted by Crippen LogP contribution is 2.46. The van der Waals surface area contributed by atoms with Gasteiger partial charge in [-0.2, -0.15) is 0 Å². The van der Waals surface area contributed by atoms with Crippen LogP contribution in [-0.4, -0.2) is 26.0 Å². The number of fused-ring (bicyclic) bond motifs is 1. The van der Waals surface area contributed by atoms with Crippen molar-refractivity contribution in [3.63, 3.8) is 0 Å². The van der Waals surface area contributed by atoms with Crippen LogP contribution < -0.4 is 5.56 Å². The topological polar surface area (TPSA) is 81.8 Å². The molecule has 0 amide bonds. The Morgan fingerprint density at radius 1 is 1.25 bits per heavy atom. The maximum atomic E-state index is 12.6. The molecule has 0 bridgehead atoms. The molecule has 1 fully saturated rings. The molecular formula is C14H17N4O2. The summed E-state index contributed by atoms with van der Waals surface area (Å²) in [5, 5.41) is 24.0. The zero-order valence-corrected chi connectivity index (χ0v) is 11.8. The molecule has 2 aromatic rings. The first-order valence-corrected chi connectivity index (χ1v) is 6.68. The van der Waals surface area contributed by atoms with Crippen molar-refractivity contribution in [3.05, 3.63) is 34.1 Å². The van der Waals surface area contributed by atoms with E-state index in [1.165, 1.54) is 5.06 Å². The smallest absolute Gasteiger partial charge is 0.267 e. The quantitative estimate of drug-likeness (QED) is 0.858. The molecule has 1 aromatic heterocycles. The molecule has 1 aliphatic heterocycles. The summed E-state index contributed by atoms with van der Waals surface area (Å²) >= 11 is 0. The van der Waals surface area contributed by atoms with Crippen molar-refractivity contribution in [1.82, 2.24) is 20.5 Å². The number of hydrogen-bond acceptors (Lipinski definition) is 4. The summed E-state index contributed by atoms with van der Waals surface area (Å²) in [6.45, 7) is 5.85. The number of hydroxylamine groups is 2. The minimum absolute atomic E-state index is 0.266. The Balaban J connectivity index is 2.14. The minimum atomic E-state index is -0.581. The van der Waals surface area contributed by atoms with Crippen LogP contribution in [0.4, 0.5) is 0 Å². The Hall–Kier alpha value is -1.79. The van der Waals surface area contributed by atoms with Gasteiger partial charge in [0.1, 0.15) is 5.52 Å². The van der Waals surface area contributed by atoms with Crippen LogP contribution in [0.5, 0.6) is 0 Å². The number of H-pyrrole nitrogens is 1. The van der Waals surface area contributed by atoms with Crippen molar-refractivity contribution in [2.75, 3.05) is 0 Å². The van der Waals surface area contributed by atoms with Crippen LogP contribution in [0, 0.1) is 0 Å². The molecule has 1 N–H and O–H groups in total. The Morgan fingerprint density at radius 2 is 2.00 bits per heavy atom. The number of aromatic nitrogens is 3. The molecule has 1 aromatic carbocycles. The third kappa shape index (κ3) is 1.76. The van der Waals surface area contributed by atoms with Gasteiger partial charge in [-0.1, -0.05) is 11.3 Å². The molecular weight excluding hydrogens is 256 g/mol. The van der Waals surface area contributed by atoms with Crippen molar-refractivity contribution < 1.29 is 5.21 Å². The van der Waals surface area contributed by atoms with Gasteiger partial charge in [0.25, 0.3) is 5.56 Å². The van der Waals surface area contributed by atoms with Crippen molar-refractivity contribution in [2.45, 2.75) is 44.7 Å². The number of hydrogen-bond donors (Lipinski definition) is 1. The third-order valence-electron chi connectivity index (χ3n) is 4.40. The van der Waals surface area contributed by atoms with Crippen molar-refractivity contribution >= 4 is 10.9 Å². The molecule has 3 rings (SSSR count). The zero-order chi connectivity index (χ0) is 14.5. The van der Waals surface area contributed by atoms with Gasteiger partial charge in [0.15, 0.2) is 0 Å². The fraction of sp³-hybridized carbons (Fsp3) is 0.500. The second kappa shape index (κ2) is 4.10. The standard InChI is InChI=1S/C14H17N4O2/c1-13(2)6-7-14(3,18(13)20)9-4-5-10-11(8-9)15-17-16-12(10)19/h4-5,8H,6-7H2,1-3H3,(H,15,16,19). The number of aromatic amines is 1. The highest BCUT2D eigenvalue weighted by molar-refractivity contribution is 5.77. The van der Waals surface area contributed by atoms with E-state index in [1.54, 1.807) is 12.1 Å². The second-order valence-electron chi connectivity index (χ2n) is 6.25. The lowest BCUT2D eigenvalue weighted by atomic mass is 9.89. The average Bonchev–Trinajstić information content (AvgIpc) is 2.64. The molecule has 6 nitrogen and oxygen atoms in total. The Morgan fingerprint density at radius 3 is 2.65 bits per heavy atom. The van der Waals surface area contributed by atoms with Crippen LogP contribution in [0.2, 0.25) is 0 Å². The first kappa shape index (κ1) is 13.2. The highest BCUT2D eigenvalue weighted by Gasteiger charge is 2.49. The van der Waals surface area contributed by atoms with Gasteiger partial charge in [-0.05, 0) is 51.3 Å². The monoisotopic (exact) mass is 273 g/mol. The molecule has 0 saturated carbocycles. The molecule has 1 radical (unpaired) electrons. The van der Waals surface area contributed by atoms with Crippen molar-refractivity contribution in [1.29, 1.82) is 0 Å². The normalized spacial score (nSPS) is 26.2. The van der Waals surface area contributed by atoms with E-state index in [4.69, 9.17) is 0 Å². The van der Waals surface area contributed by atoms with Gasteiger partial charge in [0.2, 0.25) is 0 Å². The van der Waals surface area contributed by atoms with Gasteiger partial charge in [-0.25, -0.2) is 5.10 Å². The summed E-state index contributed by atoms with van der Waals surface area (Å²) in [4.78, 5) is 11.6. The van der Waals surface area contributed by atoms with Crippen LogP contribution >= 0.6 is 0 Å². The van der Waals surface area contributed by atoms with Gasteiger partial charge in [-0.15, -0.1) is 15.4 Å². The largest absolute Gasteiger partial charge is 0.275 e. The van der Waals surface area contributed by atoms with Gasteiger partial charge in [-0.3, -0.25) is 4.79 Å². The summed E-state index contributed by atoms with van der Waals surface area (Å²) in [7, 11) is 0. The van der Waals surface area contributed by atoms with E-state index in [-0.39, 0.29) is 11.1 Å². The zero-order valence-electron chi connectivity index (χ0n) is 11.8. The lowest BCUT2D eigenvalue weighted by Crippen LogP contribution is -2.44. The highest BCUT2D eigenvalue weighted by atomic mass is 16.5. The summed E-state index contributed by atoms with van der Waals surface area (Å²) in [5.74, 6) is 0. The van der Waals surface area contributed by atoms with Crippen molar-refractivity contribution in [2.24, 2.45) is 0 Å². The Kier molecular flexibility index (Phi) is 2.71. The van der Waals surface area contributed by atoms with Crippen LogP contribution in [-0.2, 0) is 10.7 Å². The van der Waals surface area contributed by atoms with Crippen LogP contribution in [0.3, 0.4) is 0 Å². The van der Waals surface area contributed by atoms with E-state index in [9.17, 15) is 10.0 Å². The fourth-order valence-electron chi connectivity index (χ4n) is 3.01. The van der Waals surface area contributed by atoms with E-state index >= 15 is 0 Å². The maximum Gasteiger partial charge on any atom is 0.275 e. The molecule has 1 aliphatic rings. The van der Waals surface area contributed by atoms with Crippen LogP contribution in [0.25, 0.3) is 10.9 Å². The fourth-order valence-corrected chi connectivity index (χ4v) is 3.01. The van der Waals surface area contributed by atoms with E-state index in [1.807, 2.05) is 26.8 Å². The summed E-state index contributed by atoms with van der Waals surface area (Å²) < 4.78 is 0. The predicted molar refractivity (Wildman–Crippen MR) is 73.3 cm³/mol. The summed E-state index contributed by atoms with van der Waals surface area (Å²) in [6, 6.07) is 5.35. The van der Waals surface area contributed by atoms with Crippen LogP contribution in [0.15, 0.2) is 23.0 Å². The van der Waals surface area contributed by atoms with Gasteiger partial charge in [0.05, 0.1) is 10.9 Å². The lowest BCUT2D eigenvalue weighted by molar-refractivity contribution is -0.252. The lowest BCUT2D eigenvalue weighted by Gasteiger charge is -2.35. The van der Waals surface area contributed by atoms with Crippen molar-refractivity contribution in [3.8, 4) is 0 Å². The summed E-state index contributed by atoms with van der Waals surface area (Å²) in [6.07, 6.45) is 1.62. The molecule has 1 unspecified atom stereocenters. The average molecular weight is 273 g/mol. The van der Waals surface area contributed by atoms with E-state index in [2.05, 4.69) is 15.4 Å². The molecule has 0 aliphatic carbocycles. The number of benzene rings is 1. The Bertz CT molecular complexity index is 724. The first-order valence-electron chi connectivity index (χ1n) is 6.68.